The first-order valence-corrected chi connectivity index (χ1v) is 8.04. The van der Waals surface area contributed by atoms with Gasteiger partial charge in [0.15, 0.2) is 5.70 Å². The lowest BCUT2D eigenvalue weighted by molar-refractivity contribution is -0.113. The topological polar surface area (TPSA) is 130 Å². The van der Waals surface area contributed by atoms with Crippen molar-refractivity contribution in [2.75, 3.05) is 19.5 Å². The maximum Gasteiger partial charge on any atom is 0.335 e. The highest BCUT2D eigenvalue weighted by Crippen LogP contribution is 2.30. The number of hydrogen-bond donors (Lipinski definition) is 3. The van der Waals surface area contributed by atoms with E-state index >= 15 is 0 Å². The van der Waals surface area contributed by atoms with Crippen LogP contribution in [0.25, 0.3) is 0 Å². The van der Waals surface area contributed by atoms with Gasteiger partial charge in [-0.05, 0) is 37.3 Å². The van der Waals surface area contributed by atoms with Gasteiger partial charge in [-0.25, -0.2) is 4.79 Å². The Morgan fingerprint density at radius 1 is 1.00 bits per heavy atom. The number of benzene rings is 2. The number of carbonyl (C=O) groups excluding carboxylic acids is 1. The Bertz CT molecular complexity index is 948. The highest BCUT2D eigenvalue weighted by atomic mass is 16.5. The minimum atomic E-state index is -1.15. The first-order valence-electron chi connectivity index (χ1n) is 8.04. The maximum absolute atomic E-state index is 12.5. The summed E-state index contributed by atoms with van der Waals surface area (Å²) in [4.78, 5) is 23.6. The second-order valence-electron chi connectivity index (χ2n) is 5.48. The lowest BCUT2D eigenvalue weighted by atomic mass is 10.2. The minimum absolute atomic E-state index is 0.0283. The second kappa shape index (κ2) is 9.17. The third-order valence-electron chi connectivity index (χ3n) is 3.60. The molecule has 0 aliphatic heterocycles. The normalized spacial score (nSPS) is 11.7. The Labute approximate surface area is 160 Å². The summed E-state index contributed by atoms with van der Waals surface area (Å²) in [5, 5.41) is 29.2. The van der Waals surface area contributed by atoms with Crippen LogP contribution in [-0.2, 0) is 4.79 Å². The van der Waals surface area contributed by atoms with Gasteiger partial charge in [0, 0.05) is 0 Å². The van der Waals surface area contributed by atoms with Crippen LogP contribution >= 0.6 is 0 Å². The fraction of sp³-hybridized carbons (Fsp3) is 0.158. The Morgan fingerprint density at radius 3 is 2.29 bits per heavy atom. The van der Waals surface area contributed by atoms with Crippen molar-refractivity contribution in [3.63, 3.8) is 0 Å². The third-order valence-corrected chi connectivity index (χ3v) is 3.60. The minimum Gasteiger partial charge on any atom is -0.510 e. The number of anilines is 1. The van der Waals surface area contributed by atoms with Gasteiger partial charge in [-0.1, -0.05) is 12.1 Å². The summed E-state index contributed by atoms with van der Waals surface area (Å²) in [5.74, 6) is -1.55. The van der Waals surface area contributed by atoms with Gasteiger partial charge in [0.2, 0.25) is 0 Å². The second-order valence-corrected chi connectivity index (χ2v) is 5.48. The Kier molecular flexibility index (Phi) is 6.69. The van der Waals surface area contributed by atoms with Gasteiger partial charge in [0.1, 0.15) is 22.9 Å². The molecule has 0 bridgehead atoms. The highest BCUT2D eigenvalue weighted by Gasteiger charge is 2.16. The first-order chi connectivity index (χ1) is 13.4. The zero-order valence-electron chi connectivity index (χ0n) is 15.5. The summed E-state index contributed by atoms with van der Waals surface area (Å²) >= 11 is 0. The van der Waals surface area contributed by atoms with E-state index in [4.69, 9.17) is 14.6 Å². The lowest BCUT2D eigenvalue weighted by Crippen LogP contribution is -2.15. The van der Waals surface area contributed by atoms with Crippen molar-refractivity contribution >= 4 is 23.3 Å². The van der Waals surface area contributed by atoms with E-state index in [1.54, 1.807) is 24.3 Å². The quantitative estimate of drug-likeness (QED) is 0.376. The average molecular weight is 385 g/mol. The number of nitrogens with zero attached hydrogens (tertiary/aromatic N) is 2. The van der Waals surface area contributed by atoms with Crippen LogP contribution in [0.1, 0.15) is 17.3 Å². The zero-order valence-corrected chi connectivity index (χ0v) is 15.5. The number of para-hydroxylation sites is 2. The van der Waals surface area contributed by atoms with Crippen molar-refractivity contribution in [3.8, 4) is 11.5 Å². The van der Waals surface area contributed by atoms with E-state index in [-0.39, 0.29) is 28.5 Å². The van der Waals surface area contributed by atoms with E-state index in [1.807, 2.05) is 0 Å². The summed E-state index contributed by atoms with van der Waals surface area (Å²) < 4.78 is 10.3. The molecule has 3 N–H and O–H groups in total. The molecule has 2 aromatic rings. The van der Waals surface area contributed by atoms with E-state index in [0.29, 0.717) is 11.4 Å². The summed E-state index contributed by atoms with van der Waals surface area (Å²) in [6.07, 6.45) is 0. The molecule has 0 atom stereocenters. The van der Waals surface area contributed by atoms with Crippen LogP contribution in [0.15, 0.2) is 64.1 Å². The van der Waals surface area contributed by atoms with Crippen molar-refractivity contribution in [1.82, 2.24) is 0 Å². The molecule has 0 unspecified atom stereocenters. The van der Waals surface area contributed by atoms with Gasteiger partial charge in [-0.2, -0.15) is 0 Å². The molecule has 0 fully saturated rings. The number of ether oxygens (including phenoxy) is 2. The molecule has 0 saturated heterocycles. The largest absolute Gasteiger partial charge is 0.510 e. The number of carbonyl (C=O) groups is 2. The molecule has 9 heteroatoms. The van der Waals surface area contributed by atoms with Crippen molar-refractivity contribution in [1.29, 1.82) is 0 Å². The van der Waals surface area contributed by atoms with Crippen molar-refractivity contribution in [3.05, 3.63) is 59.5 Å². The standard InChI is InChI=1S/C19H19N3O6/c1-11(23)17(18(24)20-13-6-4-5-7-15(13)27-2)22-21-14-10-12(19(25)26)8-9-16(14)28-3/h4-10,23H,1-3H3,(H,20,24)(H,25,26)/b17-11-,22-21?. The number of aliphatic hydroxyl groups excluding tert-OH is 1. The molecular weight excluding hydrogens is 366 g/mol. The molecule has 28 heavy (non-hydrogen) atoms. The zero-order chi connectivity index (χ0) is 20.7. The highest BCUT2D eigenvalue weighted by molar-refractivity contribution is 6.04. The first kappa shape index (κ1) is 20.4. The number of methoxy groups -OCH3 is 2. The summed E-state index contributed by atoms with van der Waals surface area (Å²) in [7, 11) is 2.84. The molecule has 0 saturated carbocycles. The molecule has 9 nitrogen and oxygen atoms in total. The molecule has 2 aromatic carbocycles. The van der Waals surface area contributed by atoms with Crippen LogP contribution in [0.5, 0.6) is 11.5 Å². The van der Waals surface area contributed by atoms with E-state index in [0.717, 1.165) is 0 Å². The number of nitrogens with one attached hydrogen (secondary N) is 1. The van der Waals surface area contributed by atoms with Crippen LogP contribution in [0.2, 0.25) is 0 Å². The summed E-state index contributed by atoms with van der Waals surface area (Å²) in [6.45, 7) is 1.28. The Morgan fingerprint density at radius 2 is 1.68 bits per heavy atom. The predicted molar refractivity (Wildman–Crippen MR) is 101 cm³/mol. The van der Waals surface area contributed by atoms with E-state index in [2.05, 4.69) is 15.5 Å². The van der Waals surface area contributed by atoms with Crippen LogP contribution in [-0.4, -0.2) is 36.3 Å². The van der Waals surface area contributed by atoms with Crippen LogP contribution in [0.4, 0.5) is 11.4 Å². The molecule has 0 heterocycles. The fourth-order valence-electron chi connectivity index (χ4n) is 2.22. The fourth-order valence-corrected chi connectivity index (χ4v) is 2.22. The van der Waals surface area contributed by atoms with Gasteiger partial charge >= 0.3 is 5.97 Å². The number of aliphatic hydroxyl groups is 1. The van der Waals surface area contributed by atoms with Gasteiger partial charge in [-0.15, -0.1) is 10.2 Å². The SMILES string of the molecule is COc1ccc(C(=O)O)cc1N=N/C(C(=O)Nc1ccccc1OC)=C(/C)O. The molecule has 146 valence electrons. The maximum atomic E-state index is 12.5. The molecule has 0 radical (unpaired) electrons. The number of azo groups is 1. The van der Waals surface area contributed by atoms with Gasteiger partial charge in [0.25, 0.3) is 5.91 Å². The molecule has 0 aromatic heterocycles. The van der Waals surface area contributed by atoms with Gasteiger partial charge in [0.05, 0.1) is 25.5 Å². The van der Waals surface area contributed by atoms with Crippen LogP contribution in [0.3, 0.4) is 0 Å². The third kappa shape index (κ3) is 4.85. The molecule has 2 rings (SSSR count). The van der Waals surface area contributed by atoms with Crippen molar-refractivity contribution in [2.45, 2.75) is 6.92 Å². The number of rotatable bonds is 7. The monoisotopic (exact) mass is 385 g/mol. The number of aromatic carboxylic acids is 1. The van der Waals surface area contributed by atoms with Gasteiger partial charge < -0.3 is 25.0 Å². The molecule has 0 spiro atoms. The van der Waals surface area contributed by atoms with E-state index < -0.39 is 11.9 Å². The molecule has 0 aliphatic rings. The summed E-state index contributed by atoms with van der Waals surface area (Å²) in [5.41, 5.74) is 0.0915. The summed E-state index contributed by atoms with van der Waals surface area (Å²) in [6, 6.07) is 10.7. The van der Waals surface area contributed by atoms with E-state index in [1.165, 1.54) is 39.3 Å². The molecule has 0 aliphatic carbocycles. The Balaban J connectivity index is 2.33. The number of carboxylic acid groups (broad SMARTS) is 1. The van der Waals surface area contributed by atoms with Gasteiger partial charge in [-0.3, -0.25) is 4.79 Å². The van der Waals surface area contributed by atoms with E-state index in [9.17, 15) is 14.7 Å². The number of allylic oxidation sites excluding steroid dienone is 1. The lowest BCUT2D eigenvalue weighted by Gasteiger charge is -2.10. The molecular formula is C19H19N3O6. The van der Waals surface area contributed by atoms with Crippen molar-refractivity contribution in [2.24, 2.45) is 10.2 Å². The predicted octanol–water partition coefficient (Wildman–Crippen LogP) is 3.91. The van der Waals surface area contributed by atoms with Crippen LogP contribution < -0.4 is 14.8 Å². The number of carboxylic acids is 1. The smallest absolute Gasteiger partial charge is 0.335 e. The van der Waals surface area contributed by atoms with Crippen LogP contribution in [0, 0.1) is 0 Å². The average Bonchev–Trinajstić information content (AvgIpc) is 2.68. The molecule has 1 amide bonds. The number of hydrogen-bond acceptors (Lipinski definition) is 7. The van der Waals surface area contributed by atoms with Crippen molar-refractivity contribution < 1.29 is 29.3 Å². The number of amides is 1. The Hall–Kier alpha value is -3.88.